The molecule has 29 heavy (non-hydrogen) atoms. The van der Waals surface area contributed by atoms with Crippen molar-refractivity contribution in [2.75, 3.05) is 13.1 Å². The Kier molecular flexibility index (Phi) is 5.32. The Balaban J connectivity index is 1.56. The van der Waals surface area contributed by atoms with Gasteiger partial charge in [-0.3, -0.25) is 10.00 Å². The summed E-state index contributed by atoms with van der Waals surface area (Å²) in [6, 6.07) is 12.7. The van der Waals surface area contributed by atoms with Crippen molar-refractivity contribution in [3.63, 3.8) is 0 Å². The number of piperidine rings is 1. The third-order valence-corrected chi connectivity index (χ3v) is 5.47. The Labute approximate surface area is 167 Å². The molecule has 0 saturated carbocycles. The first-order valence-corrected chi connectivity index (χ1v) is 9.62. The highest BCUT2D eigenvalue weighted by atomic mass is 19.4. The summed E-state index contributed by atoms with van der Waals surface area (Å²) in [7, 11) is 0. The molecule has 2 heterocycles. The highest BCUT2D eigenvalue weighted by Crippen LogP contribution is 2.36. The van der Waals surface area contributed by atoms with Gasteiger partial charge in [0.05, 0.1) is 11.8 Å². The molecule has 1 aromatic heterocycles. The molecule has 0 bridgehead atoms. The van der Waals surface area contributed by atoms with E-state index in [0.717, 1.165) is 43.3 Å². The van der Waals surface area contributed by atoms with Gasteiger partial charge in [0.1, 0.15) is 5.75 Å². The molecule has 1 fully saturated rings. The number of H-pyrrole nitrogens is 1. The van der Waals surface area contributed by atoms with Crippen molar-refractivity contribution < 1.29 is 18.3 Å². The fraction of sp³-hybridized carbons (Fsp3) is 0.318. The molecule has 1 aliphatic rings. The van der Waals surface area contributed by atoms with Gasteiger partial charge in [-0.25, -0.2) is 0 Å². The predicted molar refractivity (Wildman–Crippen MR) is 104 cm³/mol. The van der Waals surface area contributed by atoms with Crippen molar-refractivity contribution in [1.82, 2.24) is 15.1 Å². The monoisotopic (exact) mass is 401 g/mol. The van der Waals surface area contributed by atoms with Gasteiger partial charge in [-0.2, -0.15) is 18.3 Å². The summed E-state index contributed by atoms with van der Waals surface area (Å²) in [6.45, 7) is 2.30. The first kappa shape index (κ1) is 19.5. The standard InChI is InChI=1S/C22H22F3N3O/c23-22(24,25)18-8-3-6-15(11-18)19-12-26-27-21(19)17-7-4-10-28(14-17)13-16-5-1-2-9-20(16)29/h1-3,5-6,8-9,11-12,17,29H,4,7,10,13-14H2,(H,26,27)/t17-/m0/s1. The Morgan fingerprint density at radius 2 is 1.97 bits per heavy atom. The molecule has 7 heteroatoms. The molecule has 0 aliphatic carbocycles. The lowest BCUT2D eigenvalue weighted by molar-refractivity contribution is -0.137. The smallest absolute Gasteiger partial charge is 0.416 e. The Hall–Kier alpha value is -2.80. The Morgan fingerprint density at radius 1 is 1.14 bits per heavy atom. The second-order valence-electron chi connectivity index (χ2n) is 7.48. The number of hydrogen-bond donors (Lipinski definition) is 2. The average molecular weight is 401 g/mol. The summed E-state index contributed by atoms with van der Waals surface area (Å²) >= 11 is 0. The van der Waals surface area contributed by atoms with Crippen LogP contribution in [0.5, 0.6) is 5.75 Å². The minimum atomic E-state index is -4.38. The highest BCUT2D eigenvalue weighted by Gasteiger charge is 2.31. The molecule has 2 N–H and O–H groups in total. The van der Waals surface area contributed by atoms with Gasteiger partial charge < -0.3 is 5.11 Å². The quantitative estimate of drug-likeness (QED) is 0.633. The second kappa shape index (κ2) is 7.91. The SMILES string of the molecule is Oc1ccccc1CN1CCC[C@H](c2[nH]ncc2-c2cccc(C(F)(F)F)c2)C1. The third-order valence-electron chi connectivity index (χ3n) is 5.47. The van der Waals surface area contributed by atoms with Crippen LogP contribution < -0.4 is 0 Å². The molecular formula is C22H22F3N3O. The average Bonchev–Trinajstić information content (AvgIpc) is 3.19. The number of halogens is 3. The maximum absolute atomic E-state index is 13.1. The molecule has 4 rings (SSSR count). The zero-order valence-corrected chi connectivity index (χ0v) is 15.8. The summed E-state index contributed by atoms with van der Waals surface area (Å²) in [4.78, 5) is 2.26. The van der Waals surface area contributed by atoms with E-state index in [-0.39, 0.29) is 11.7 Å². The van der Waals surface area contributed by atoms with Crippen LogP contribution in [0.1, 0.15) is 35.6 Å². The van der Waals surface area contributed by atoms with Crippen LogP contribution in [-0.4, -0.2) is 33.3 Å². The number of nitrogens with one attached hydrogen (secondary N) is 1. The van der Waals surface area contributed by atoms with Crippen LogP contribution in [0.15, 0.2) is 54.7 Å². The molecule has 0 spiro atoms. The number of hydrogen-bond acceptors (Lipinski definition) is 3. The van der Waals surface area contributed by atoms with E-state index in [0.29, 0.717) is 17.7 Å². The van der Waals surface area contributed by atoms with Crippen LogP contribution in [0.4, 0.5) is 13.2 Å². The zero-order valence-electron chi connectivity index (χ0n) is 15.8. The van der Waals surface area contributed by atoms with Gasteiger partial charge in [0.15, 0.2) is 0 Å². The largest absolute Gasteiger partial charge is 0.508 e. The molecule has 1 saturated heterocycles. The lowest BCUT2D eigenvalue weighted by Crippen LogP contribution is -2.34. The molecule has 2 aromatic carbocycles. The Morgan fingerprint density at radius 3 is 2.76 bits per heavy atom. The number of para-hydroxylation sites is 1. The number of nitrogens with zero attached hydrogens (tertiary/aromatic N) is 2. The Bertz CT molecular complexity index is 983. The fourth-order valence-electron chi connectivity index (χ4n) is 4.02. The lowest BCUT2D eigenvalue weighted by Gasteiger charge is -2.32. The number of phenolic OH excluding ortho intramolecular Hbond substituents is 1. The van der Waals surface area contributed by atoms with Crippen molar-refractivity contribution >= 4 is 0 Å². The molecular weight excluding hydrogens is 379 g/mol. The van der Waals surface area contributed by atoms with Crippen molar-refractivity contribution in [2.24, 2.45) is 0 Å². The lowest BCUT2D eigenvalue weighted by atomic mass is 9.90. The first-order valence-electron chi connectivity index (χ1n) is 9.62. The first-order chi connectivity index (χ1) is 13.9. The summed E-state index contributed by atoms with van der Waals surface area (Å²) in [5.41, 5.74) is 2.31. The number of alkyl halides is 3. The molecule has 1 atom stereocenters. The number of aromatic nitrogens is 2. The van der Waals surface area contributed by atoms with Crippen LogP contribution in [-0.2, 0) is 12.7 Å². The minimum Gasteiger partial charge on any atom is -0.508 e. The van der Waals surface area contributed by atoms with Crippen LogP contribution in [0.25, 0.3) is 11.1 Å². The number of aromatic amines is 1. The second-order valence-corrected chi connectivity index (χ2v) is 7.48. The molecule has 0 unspecified atom stereocenters. The number of rotatable bonds is 4. The van der Waals surface area contributed by atoms with Crippen LogP contribution >= 0.6 is 0 Å². The molecule has 0 radical (unpaired) electrons. The number of aromatic hydroxyl groups is 1. The van der Waals surface area contributed by atoms with Crippen LogP contribution in [0, 0.1) is 0 Å². The van der Waals surface area contributed by atoms with Gasteiger partial charge in [0, 0.05) is 35.8 Å². The van der Waals surface area contributed by atoms with E-state index in [1.807, 2.05) is 12.1 Å². The van der Waals surface area contributed by atoms with E-state index >= 15 is 0 Å². The maximum Gasteiger partial charge on any atom is 0.416 e. The highest BCUT2D eigenvalue weighted by molar-refractivity contribution is 5.66. The van der Waals surface area contributed by atoms with Crippen molar-refractivity contribution in [2.45, 2.75) is 31.5 Å². The van der Waals surface area contributed by atoms with Gasteiger partial charge >= 0.3 is 6.18 Å². The minimum absolute atomic E-state index is 0.140. The summed E-state index contributed by atoms with van der Waals surface area (Å²) in [5.74, 6) is 0.419. The molecule has 1 aliphatic heterocycles. The maximum atomic E-state index is 13.1. The van der Waals surface area contributed by atoms with Gasteiger partial charge in [-0.05, 0) is 43.1 Å². The van der Waals surface area contributed by atoms with Gasteiger partial charge in [-0.15, -0.1) is 0 Å². The summed E-state index contributed by atoms with van der Waals surface area (Å²) < 4.78 is 39.3. The van der Waals surface area contributed by atoms with Gasteiger partial charge in [0.25, 0.3) is 0 Å². The number of phenols is 1. The van der Waals surface area contributed by atoms with E-state index in [4.69, 9.17) is 0 Å². The van der Waals surface area contributed by atoms with Gasteiger partial charge in [0.2, 0.25) is 0 Å². The molecule has 0 amide bonds. The fourth-order valence-corrected chi connectivity index (χ4v) is 4.02. The number of benzene rings is 2. The van der Waals surface area contributed by atoms with Gasteiger partial charge in [-0.1, -0.05) is 30.3 Å². The van der Waals surface area contributed by atoms with E-state index in [9.17, 15) is 18.3 Å². The molecule has 152 valence electrons. The molecule has 3 aromatic rings. The van der Waals surface area contributed by atoms with Crippen molar-refractivity contribution in [3.05, 3.63) is 71.5 Å². The van der Waals surface area contributed by atoms with E-state index in [1.165, 1.54) is 12.1 Å². The summed E-state index contributed by atoms with van der Waals surface area (Å²) in [5, 5.41) is 17.2. The normalized spacial score (nSPS) is 18.1. The summed E-state index contributed by atoms with van der Waals surface area (Å²) in [6.07, 6.45) is -0.864. The zero-order chi connectivity index (χ0) is 20.4. The third kappa shape index (κ3) is 4.29. The number of likely N-dealkylation sites (tertiary alicyclic amines) is 1. The van der Waals surface area contributed by atoms with E-state index in [1.54, 1.807) is 24.4 Å². The van der Waals surface area contributed by atoms with Crippen molar-refractivity contribution in [3.8, 4) is 16.9 Å². The van der Waals surface area contributed by atoms with E-state index in [2.05, 4.69) is 15.1 Å². The van der Waals surface area contributed by atoms with E-state index < -0.39 is 11.7 Å². The molecule has 4 nitrogen and oxygen atoms in total. The predicted octanol–water partition coefficient (Wildman–Crippen LogP) is 5.18. The topological polar surface area (TPSA) is 52.1 Å². The van der Waals surface area contributed by atoms with Crippen LogP contribution in [0.3, 0.4) is 0 Å². The van der Waals surface area contributed by atoms with Crippen LogP contribution in [0.2, 0.25) is 0 Å². The van der Waals surface area contributed by atoms with Crippen molar-refractivity contribution in [1.29, 1.82) is 0 Å².